The Hall–Kier alpha value is -1.29. The molecule has 0 aliphatic rings. The molecule has 0 amide bonds. The molecule has 2 rings (SSSR count). The summed E-state index contributed by atoms with van der Waals surface area (Å²) >= 11 is 1.93. The number of halogens is 1. The quantitative estimate of drug-likeness (QED) is 0.798. The fourth-order valence-electron chi connectivity index (χ4n) is 1.26. The number of nitrogens with two attached hydrogens (primary N) is 1. The van der Waals surface area contributed by atoms with E-state index < -0.39 is 5.54 Å². The first-order valence-electron chi connectivity index (χ1n) is 5.20. The van der Waals surface area contributed by atoms with Crippen LogP contribution in [0.25, 0.3) is 0 Å². The monoisotopic (exact) mass is 361 g/mol. The summed E-state index contributed by atoms with van der Waals surface area (Å²) in [5, 5.41) is 3.79. The number of hydrogen-bond acceptors (Lipinski definition) is 6. The highest BCUT2D eigenvalue weighted by molar-refractivity contribution is 14.1. The van der Waals surface area contributed by atoms with Gasteiger partial charge in [0.25, 0.3) is 5.56 Å². The maximum Gasteiger partial charge on any atom is 0.267 e. The van der Waals surface area contributed by atoms with E-state index >= 15 is 0 Å². The van der Waals surface area contributed by atoms with Crippen molar-refractivity contribution in [3.63, 3.8) is 0 Å². The summed E-state index contributed by atoms with van der Waals surface area (Å²) in [7, 11) is 0. The van der Waals surface area contributed by atoms with Crippen LogP contribution in [0.2, 0.25) is 0 Å². The Kier molecular flexibility index (Phi) is 3.48. The third-order valence-electron chi connectivity index (χ3n) is 2.21. The van der Waals surface area contributed by atoms with Gasteiger partial charge >= 0.3 is 0 Å². The largest absolute Gasteiger partial charge is 0.337 e. The molecule has 18 heavy (non-hydrogen) atoms. The van der Waals surface area contributed by atoms with E-state index in [0.717, 1.165) is 0 Å². The lowest BCUT2D eigenvalue weighted by Gasteiger charge is -2.11. The minimum Gasteiger partial charge on any atom is -0.337 e. The van der Waals surface area contributed by atoms with Crippen LogP contribution >= 0.6 is 22.6 Å². The summed E-state index contributed by atoms with van der Waals surface area (Å²) in [6.45, 7) is 3.74. The smallest absolute Gasteiger partial charge is 0.267 e. The van der Waals surface area contributed by atoms with Gasteiger partial charge < -0.3 is 10.3 Å². The summed E-state index contributed by atoms with van der Waals surface area (Å²) in [6, 6.07) is 0. The molecule has 0 saturated heterocycles. The van der Waals surface area contributed by atoms with Crippen LogP contribution in [-0.2, 0) is 12.1 Å². The highest BCUT2D eigenvalue weighted by Crippen LogP contribution is 2.12. The molecule has 0 unspecified atom stereocenters. The zero-order chi connectivity index (χ0) is 13.3. The molecule has 0 atom stereocenters. The molecule has 0 aromatic carbocycles. The van der Waals surface area contributed by atoms with Gasteiger partial charge in [-0.2, -0.15) is 4.98 Å². The van der Waals surface area contributed by atoms with Gasteiger partial charge in [-0.1, -0.05) is 5.16 Å². The predicted molar refractivity (Wildman–Crippen MR) is 71.8 cm³/mol. The van der Waals surface area contributed by atoms with E-state index in [0.29, 0.717) is 15.3 Å². The van der Waals surface area contributed by atoms with Crippen LogP contribution in [0.3, 0.4) is 0 Å². The average Bonchev–Trinajstić information content (AvgIpc) is 2.73. The summed E-state index contributed by atoms with van der Waals surface area (Å²) in [5.41, 5.74) is 5.04. The molecule has 0 spiro atoms. The summed E-state index contributed by atoms with van der Waals surface area (Å²) in [5.74, 6) is 0.735. The Morgan fingerprint density at radius 3 is 2.89 bits per heavy atom. The van der Waals surface area contributed by atoms with E-state index in [1.807, 2.05) is 22.6 Å². The molecule has 0 aliphatic carbocycles. The predicted octanol–water partition coefficient (Wildman–Crippen LogP) is 0.473. The second kappa shape index (κ2) is 4.76. The summed E-state index contributed by atoms with van der Waals surface area (Å²) < 4.78 is 7.00. The first kappa shape index (κ1) is 13.1. The van der Waals surface area contributed by atoms with E-state index in [4.69, 9.17) is 10.3 Å². The number of nitrogens with zero attached hydrogens (tertiary/aromatic N) is 4. The van der Waals surface area contributed by atoms with Crippen LogP contribution in [0, 0.1) is 3.57 Å². The Balaban J connectivity index is 2.27. The van der Waals surface area contributed by atoms with Crippen molar-refractivity contribution in [2.45, 2.75) is 25.9 Å². The van der Waals surface area contributed by atoms with Gasteiger partial charge in [-0.15, -0.1) is 0 Å². The molecule has 0 saturated carbocycles. The van der Waals surface area contributed by atoms with Gasteiger partial charge in [-0.05, 0) is 36.4 Å². The van der Waals surface area contributed by atoms with Crippen LogP contribution < -0.4 is 11.3 Å². The van der Waals surface area contributed by atoms with E-state index in [1.54, 1.807) is 13.8 Å². The van der Waals surface area contributed by atoms with Gasteiger partial charge in [0.15, 0.2) is 5.82 Å². The minimum absolute atomic E-state index is 0.141. The van der Waals surface area contributed by atoms with Crippen molar-refractivity contribution in [2.75, 3.05) is 0 Å². The van der Waals surface area contributed by atoms with E-state index in [9.17, 15) is 4.79 Å². The highest BCUT2D eigenvalue weighted by Gasteiger charge is 2.21. The lowest BCUT2D eigenvalue weighted by molar-refractivity contribution is 0.353. The molecule has 2 heterocycles. The van der Waals surface area contributed by atoms with Gasteiger partial charge in [0.2, 0.25) is 5.89 Å². The second-order valence-electron chi connectivity index (χ2n) is 4.41. The molecule has 2 aromatic heterocycles. The summed E-state index contributed by atoms with van der Waals surface area (Å²) in [6.07, 6.45) is 2.93. The fraction of sp³-hybridized carbons (Fsp3) is 0.400. The van der Waals surface area contributed by atoms with Crippen molar-refractivity contribution in [1.29, 1.82) is 0 Å². The van der Waals surface area contributed by atoms with Crippen molar-refractivity contribution < 1.29 is 4.52 Å². The molecule has 0 bridgehead atoms. The lowest BCUT2D eigenvalue weighted by Crippen LogP contribution is -2.30. The molecule has 96 valence electrons. The highest BCUT2D eigenvalue weighted by atomic mass is 127. The van der Waals surface area contributed by atoms with Gasteiger partial charge in [0.1, 0.15) is 6.54 Å². The van der Waals surface area contributed by atoms with Gasteiger partial charge in [-0.3, -0.25) is 9.36 Å². The van der Waals surface area contributed by atoms with Gasteiger partial charge in [0.05, 0.1) is 15.4 Å². The molecular weight excluding hydrogens is 349 g/mol. The SMILES string of the molecule is CC(C)(N)c1noc(Cn2cncc(I)c2=O)n1. The maximum atomic E-state index is 11.8. The fourth-order valence-corrected chi connectivity index (χ4v) is 1.73. The third-order valence-corrected chi connectivity index (χ3v) is 2.95. The molecule has 0 aliphatic heterocycles. The van der Waals surface area contributed by atoms with Crippen LogP contribution in [0.5, 0.6) is 0 Å². The zero-order valence-corrected chi connectivity index (χ0v) is 12.1. The van der Waals surface area contributed by atoms with Crippen molar-refractivity contribution in [1.82, 2.24) is 19.7 Å². The Bertz CT molecular complexity index is 613. The number of rotatable bonds is 3. The van der Waals surface area contributed by atoms with E-state index in [-0.39, 0.29) is 12.1 Å². The molecule has 0 fully saturated rings. The van der Waals surface area contributed by atoms with Gasteiger partial charge in [0, 0.05) is 6.20 Å². The van der Waals surface area contributed by atoms with Crippen molar-refractivity contribution in [3.8, 4) is 0 Å². The number of aromatic nitrogens is 4. The zero-order valence-electron chi connectivity index (χ0n) is 9.92. The lowest BCUT2D eigenvalue weighted by atomic mass is 10.1. The number of hydrogen-bond donors (Lipinski definition) is 1. The Labute approximate surface area is 117 Å². The van der Waals surface area contributed by atoms with E-state index in [2.05, 4.69) is 15.1 Å². The molecule has 2 aromatic rings. The van der Waals surface area contributed by atoms with E-state index in [1.165, 1.54) is 17.1 Å². The molecule has 0 radical (unpaired) electrons. The minimum atomic E-state index is -0.671. The Morgan fingerprint density at radius 1 is 1.56 bits per heavy atom. The first-order valence-corrected chi connectivity index (χ1v) is 6.27. The Morgan fingerprint density at radius 2 is 2.28 bits per heavy atom. The van der Waals surface area contributed by atoms with Crippen LogP contribution in [-0.4, -0.2) is 19.7 Å². The molecular formula is C10H12IN5O2. The topological polar surface area (TPSA) is 99.8 Å². The van der Waals surface area contributed by atoms with Crippen molar-refractivity contribution >= 4 is 22.6 Å². The molecule has 2 N–H and O–H groups in total. The van der Waals surface area contributed by atoms with Crippen molar-refractivity contribution in [2.24, 2.45) is 5.73 Å². The van der Waals surface area contributed by atoms with Gasteiger partial charge in [-0.25, -0.2) is 4.98 Å². The van der Waals surface area contributed by atoms with Crippen LogP contribution in [0.1, 0.15) is 25.6 Å². The maximum absolute atomic E-state index is 11.8. The van der Waals surface area contributed by atoms with Crippen LogP contribution in [0.4, 0.5) is 0 Å². The van der Waals surface area contributed by atoms with Crippen molar-refractivity contribution in [3.05, 3.63) is 38.2 Å². The molecule has 7 nitrogen and oxygen atoms in total. The average molecular weight is 361 g/mol. The third kappa shape index (κ3) is 2.75. The van der Waals surface area contributed by atoms with Crippen LogP contribution in [0.15, 0.2) is 21.8 Å². The standard InChI is InChI=1S/C10H12IN5O2/c1-10(2,12)9-14-7(18-15-9)4-16-5-13-3-6(11)8(16)17/h3,5H,4,12H2,1-2H3. The normalized spacial score (nSPS) is 11.8. The molecule has 8 heteroatoms. The first-order chi connectivity index (χ1) is 8.38. The second-order valence-corrected chi connectivity index (χ2v) is 5.57. The summed E-state index contributed by atoms with van der Waals surface area (Å²) in [4.78, 5) is 19.9.